The molecule has 6 nitrogen and oxygen atoms in total. The van der Waals surface area contributed by atoms with Gasteiger partial charge in [0.2, 0.25) is 0 Å². The minimum atomic E-state index is 0.238. The quantitative estimate of drug-likeness (QED) is 0.351. The van der Waals surface area contributed by atoms with E-state index in [2.05, 4.69) is 64.7 Å². The molecule has 0 amide bonds. The molecule has 144 valence electrons. The highest BCUT2D eigenvalue weighted by atomic mass is 16.5. The lowest BCUT2D eigenvalue weighted by molar-refractivity contribution is -0.00545. The average Bonchev–Trinajstić information content (AvgIpc) is 2.62. The summed E-state index contributed by atoms with van der Waals surface area (Å²) in [6.45, 7) is 11.4. The Morgan fingerprint density at radius 1 is 1.42 bits per heavy atom. The molecule has 1 saturated heterocycles. The molecule has 2 rings (SSSR count). The first-order valence-electron chi connectivity index (χ1n) is 9.41. The molecule has 1 N–H and O–H groups in total. The van der Waals surface area contributed by atoms with Gasteiger partial charge in [-0.1, -0.05) is 12.1 Å². The average molecular weight is 360 g/mol. The van der Waals surface area contributed by atoms with Crippen LogP contribution in [0.2, 0.25) is 0 Å². The van der Waals surface area contributed by atoms with Crippen molar-refractivity contribution in [2.24, 2.45) is 4.99 Å². The fourth-order valence-corrected chi connectivity index (χ4v) is 3.22. The monoisotopic (exact) mass is 359 g/mol. The molecular weight excluding hydrogens is 326 g/mol. The van der Waals surface area contributed by atoms with Crippen LogP contribution in [-0.4, -0.2) is 61.8 Å². The number of guanidine groups is 1. The number of aromatic nitrogens is 1. The highest BCUT2D eigenvalue weighted by Crippen LogP contribution is 2.18. The molecule has 26 heavy (non-hydrogen) atoms. The Morgan fingerprint density at radius 3 is 2.73 bits per heavy atom. The maximum Gasteiger partial charge on any atom is 0.193 e. The first-order chi connectivity index (χ1) is 12.5. The fourth-order valence-electron chi connectivity index (χ4n) is 3.22. The molecule has 1 aromatic heterocycles. The zero-order chi connectivity index (χ0) is 18.9. The number of rotatable bonds is 7. The summed E-state index contributed by atoms with van der Waals surface area (Å²) in [4.78, 5) is 13.4. The van der Waals surface area contributed by atoms with Gasteiger partial charge in [0, 0.05) is 46.5 Å². The van der Waals surface area contributed by atoms with Gasteiger partial charge >= 0.3 is 0 Å². The smallest absolute Gasteiger partial charge is 0.193 e. The Hall–Kier alpha value is -2.08. The number of nitrogens with one attached hydrogen (secondary N) is 1. The van der Waals surface area contributed by atoms with Crippen LogP contribution in [0.1, 0.15) is 32.3 Å². The van der Waals surface area contributed by atoms with Crippen LogP contribution < -0.4 is 10.2 Å². The minimum absolute atomic E-state index is 0.238. The molecule has 1 fully saturated rings. The van der Waals surface area contributed by atoms with Crippen LogP contribution in [-0.2, 0) is 11.3 Å². The number of allylic oxidation sites excluding steroid dienone is 1. The van der Waals surface area contributed by atoms with E-state index < -0.39 is 0 Å². The summed E-state index contributed by atoms with van der Waals surface area (Å²) in [6, 6.07) is 4.23. The minimum Gasteiger partial charge on any atom is -0.372 e. The molecule has 6 heteroatoms. The van der Waals surface area contributed by atoms with Crippen molar-refractivity contribution in [1.82, 2.24) is 15.2 Å². The highest BCUT2D eigenvalue weighted by molar-refractivity contribution is 5.79. The second-order valence-corrected chi connectivity index (χ2v) is 6.94. The zero-order valence-corrected chi connectivity index (χ0v) is 16.6. The standard InChI is InChI=1S/C20H33N5O/c1-6-7-8-11-24(5)20(21-4)23-13-18-9-10-19(22-12-18)25-14-16(2)26-17(3)15-25/h6,9-10,12,16-17H,1,7-8,11,13-15H2,2-5H3,(H,21,23). The zero-order valence-electron chi connectivity index (χ0n) is 16.6. The molecule has 2 atom stereocenters. The van der Waals surface area contributed by atoms with Crippen molar-refractivity contribution < 1.29 is 4.74 Å². The van der Waals surface area contributed by atoms with E-state index in [1.54, 1.807) is 0 Å². The molecule has 0 bridgehead atoms. The summed E-state index contributed by atoms with van der Waals surface area (Å²) in [5.74, 6) is 1.91. The lowest BCUT2D eigenvalue weighted by atomic mass is 10.2. The summed E-state index contributed by atoms with van der Waals surface area (Å²) in [7, 11) is 3.87. The molecule has 1 aromatic rings. The topological polar surface area (TPSA) is 53.0 Å². The van der Waals surface area contributed by atoms with E-state index in [1.807, 2.05) is 19.3 Å². The number of ether oxygens (including phenoxy) is 1. The molecule has 0 aromatic carbocycles. The van der Waals surface area contributed by atoms with Gasteiger partial charge in [-0.15, -0.1) is 6.58 Å². The normalized spacial score (nSPS) is 20.8. The van der Waals surface area contributed by atoms with E-state index in [4.69, 9.17) is 4.74 Å². The van der Waals surface area contributed by atoms with E-state index in [-0.39, 0.29) is 12.2 Å². The van der Waals surface area contributed by atoms with Crippen molar-refractivity contribution in [2.75, 3.05) is 38.6 Å². The van der Waals surface area contributed by atoms with Gasteiger partial charge in [0.15, 0.2) is 5.96 Å². The van der Waals surface area contributed by atoms with Crippen molar-refractivity contribution >= 4 is 11.8 Å². The summed E-state index contributed by atoms with van der Waals surface area (Å²) in [5.41, 5.74) is 1.14. The van der Waals surface area contributed by atoms with Gasteiger partial charge < -0.3 is 19.9 Å². The lowest BCUT2D eigenvalue weighted by Gasteiger charge is -2.36. The van der Waals surface area contributed by atoms with Crippen molar-refractivity contribution in [3.8, 4) is 0 Å². The number of aliphatic imine (C=N–C) groups is 1. The summed E-state index contributed by atoms with van der Waals surface area (Å²) in [5, 5.41) is 3.40. The first kappa shape index (κ1) is 20.2. The number of morpholine rings is 1. The second-order valence-electron chi connectivity index (χ2n) is 6.94. The predicted molar refractivity (Wildman–Crippen MR) is 109 cm³/mol. The van der Waals surface area contributed by atoms with Crippen molar-refractivity contribution in [1.29, 1.82) is 0 Å². The van der Waals surface area contributed by atoms with Crippen LogP contribution in [0.15, 0.2) is 36.0 Å². The predicted octanol–water partition coefficient (Wildman–Crippen LogP) is 2.67. The Morgan fingerprint density at radius 2 is 2.15 bits per heavy atom. The van der Waals surface area contributed by atoms with Crippen molar-refractivity contribution in [3.05, 3.63) is 36.5 Å². The van der Waals surface area contributed by atoms with Crippen molar-refractivity contribution in [2.45, 2.75) is 45.4 Å². The number of anilines is 1. The van der Waals surface area contributed by atoms with Gasteiger partial charge in [0.25, 0.3) is 0 Å². The van der Waals surface area contributed by atoms with E-state index in [1.165, 1.54) is 0 Å². The van der Waals surface area contributed by atoms with E-state index in [9.17, 15) is 0 Å². The van der Waals surface area contributed by atoms with E-state index in [0.29, 0.717) is 6.54 Å². The number of unbranched alkanes of at least 4 members (excludes halogenated alkanes) is 1. The number of hydrogen-bond acceptors (Lipinski definition) is 4. The molecule has 0 spiro atoms. The Kier molecular flexibility index (Phi) is 7.91. The van der Waals surface area contributed by atoms with Crippen LogP contribution in [0, 0.1) is 0 Å². The fraction of sp³-hybridized carbons (Fsp3) is 0.600. The van der Waals surface area contributed by atoms with Crippen molar-refractivity contribution in [3.63, 3.8) is 0 Å². The molecule has 0 radical (unpaired) electrons. The van der Waals surface area contributed by atoms with Gasteiger partial charge in [0.1, 0.15) is 5.82 Å². The van der Waals surface area contributed by atoms with Crippen LogP contribution >= 0.6 is 0 Å². The molecule has 1 aliphatic heterocycles. The Labute approximate surface area is 158 Å². The number of hydrogen-bond donors (Lipinski definition) is 1. The third-order valence-corrected chi connectivity index (χ3v) is 4.48. The number of pyridine rings is 1. The molecule has 2 unspecified atom stereocenters. The number of nitrogens with zero attached hydrogens (tertiary/aromatic N) is 4. The maximum absolute atomic E-state index is 5.79. The molecule has 2 heterocycles. The van der Waals surface area contributed by atoms with Gasteiger partial charge in [-0.05, 0) is 38.3 Å². The summed E-state index contributed by atoms with van der Waals surface area (Å²) in [6.07, 6.45) is 6.47. The Bertz CT molecular complexity index is 576. The first-order valence-corrected chi connectivity index (χ1v) is 9.41. The van der Waals surface area contributed by atoms with Gasteiger partial charge in [-0.25, -0.2) is 4.98 Å². The second kappa shape index (κ2) is 10.2. The maximum atomic E-state index is 5.79. The third kappa shape index (κ3) is 6.02. The van der Waals surface area contributed by atoms with Gasteiger partial charge in [0.05, 0.1) is 12.2 Å². The molecular formula is C20H33N5O. The lowest BCUT2D eigenvalue weighted by Crippen LogP contribution is -2.45. The van der Waals surface area contributed by atoms with Crippen LogP contribution in [0.4, 0.5) is 5.82 Å². The largest absolute Gasteiger partial charge is 0.372 e. The van der Waals surface area contributed by atoms with Crippen LogP contribution in [0.25, 0.3) is 0 Å². The SMILES string of the molecule is C=CCCCN(C)C(=NC)NCc1ccc(N2CC(C)OC(C)C2)nc1. The van der Waals surface area contributed by atoms with E-state index in [0.717, 1.165) is 49.8 Å². The third-order valence-electron chi connectivity index (χ3n) is 4.48. The molecule has 0 aliphatic carbocycles. The van der Waals surface area contributed by atoms with Gasteiger partial charge in [-0.3, -0.25) is 4.99 Å². The summed E-state index contributed by atoms with van der Waals surface area (Å²) < 4.78 is 5.79. The van der Waals surface area contributed by atoms with Gasteiger partial charge in [-0.2, -0.15) is 0 Å². The van der Waals surface area contributed by atoms with E-state index >= 15 is 0 Å². The summed E-state index contributed by atoms with van der Waals surface area (Å²) >= 11 is 0. The Balaban J connectivity index is 1.87. The molecule has 0 saturated carbocycles. The molecule has 1 aliphatic rings. The highest BCUT2D eigenvalue weighted by Gasteiger charge is 2.22. The van der Waals surface area contributed by atoms with Crippen LogP contribution in [0.3, 0.4) is 0 Å². The van der Waals surface area contributed by atoms with Crippen LogP contribution in [0.5, 0.6) is 0 Å².